The van der Waals surface area contributed by atoms with Crippen molar-refractivity contribution in [3.05, 3.63) is 17.1 Å². The van der Waals surface area contributed by atoms with E-state index in [1.54, 1.807) is 11.3 Å². The van der Waals surface area contributed by atoms with Gasteiger partial charge in [0.2, 0.25) is 5.51 Å². The van der Waals surface area contributed by atoms with E-state index in [1.165, 1.54) is 83.5 Å². The molecule has 1 saturated heterocycles. The third kappa shape index (κ3) is 19.3. The van der Waals surface area contributed by atoms with Crippen molar-refractivity contribution in [3.8, 4) is 0 Å². The number of carbonyl (C=O) groups is 2. The first kappa shape index (κ1) is 36.3. The zero-order chi connectivity index (χ0) is 29.9. The second-order valence-electron chi connectivity index (χ2n) is 11.7. The van der Waals surface area contributed by atoms with Crippen molar-refractivity contribution < 1.29 is 28.4 Å². The minimum absolute atomic E-state index is 0.0810. The van der Waals surface area contributed by atoms with Crippen LogP contribution in [0.4, 0.5) is 9.59 Å². The standard InChI is InChI=1S/C33H59N3O5S/c1-2-3-4-5-6-7-8-9-10-11-12-13-14-15-17-23-35-33(38)41-30-21-20-26-39-31(30)28-40-32(37)34-22-18-16-19-24-36-25-27-42-29-36/h25,27,29-31H,2-24,26,28H2,1H3,(H-,34,35,37,38)/p+1/t30-,31-/m0/s1. The van der Waals surface area contributed by atoms with E-state index in [2.05, 4.69) is 39.2 Å². The van der Waals surface area contributed by atoms with E-state index in [-0.39, 0.29) is 6.61 Å². The lowest BCUT2D eigenvalue weighted by Crippen LogP contribution is -2.44. The minimum atomic E-state index is -0.451. The Morgan fingerprint density at radius 3 is 1.98 bits per heavy atom. The molecular weight excluding hydrogens is 550 g/mol. The molecule has 2 N–H and O–H groups in total. The van der Waals surface area contributed by atoms with Crippen LogP contribution in [0.15, 0.2) is 17.1 Å². The molecule has 0 aromatic carbocycles. The van der Waals surface area contributed by atoms with Gasteiger partial charge in [-0.1, -0.05) is 108 Å². The maximum Gasteiger partial charge on any atom is 0.407 e. The summed E-state index contributed by atoms with van der Waals surface area (Å²) in [7, 11) is 0. The highest BCUT2D eigenvalue weighted by molar-refractivity contribution is 7.07. The number of aryl methyl sites for hydroxylation is 1. The lowest BCUT2D eigenvalue weighted by atomic mass is 10.0. The second-order valence-corrected chi connectivity index (χ2v) is 12.5. The number of carbonyl (C=O) groups excluding carboxylic acids is 2. The molecular formula is C33H60N3O5S+. The van der Waals surface area contributed by atoms with E-state index in [0.29, 0.717) is 26.1 Å². The molecule has 242 valence electrons. The zero-order valence-corrected chi connectivity index (χ0v) is 27.3. The molecule has 0 bridgehead atoms. The number of nitrogens with zero attached hydrogens (tertiary/aromatic N) is 1. The van der Waals surface area contributed by atoms with Crippen LogP contribution in [0.25, 0.3) is 0 Å². The molecule has 2 amide bonds. The first-order valence-corrected chi connectivity index (χ1v) is 18.0. The van der Waals surface area contributed by atoms with E-state index in [9.17, 15) is 9.59 Å². The van der Waals surface area contributed by atoms with Crippen LogP contribution in [0.2, 0.25) is 0 Å². The number of aromatic nitrogens is 1. The van der Waals surface area contributed by atoms with Crippen molar-refractivity contribution in [2.75, 3.05) is 26.3 Å². The number of amides is 2. The van der Waals surface area contributed by atoms with Crippen LogP contribution < -0.4 is 15.2 Å². The van der Waals surface area contributed by atoms with Gasteiger partial charge in [0, 0.05) is 26.1 Å². The SMILES string of the molecule is CCCCCCCCCCCCCCCCCNC(=O)O[C@H]1CCCO[C@H]1COC(=O)NCCCCC[n+]1ccsc1. The summed E-state index contributed by atoms with van der Waals surface area (Å²) in [6, 6.07) is 0. The van der Waals surface area contributed by atoms with E-state index in [4.69, 9.17) is 14.2 Å². The van der Waals surface area contributed by atoms with Crippen LogP contribution in [-0.2, 0) is 20.8 Å². The van der Waals surface area contributed by atoms with Gasteiger partial charge in [0.1, 0.15) is 25.4 Å². The lowest BCUT2D eigenvalue weighted by molar-refractivity contribution is -0.692. The predicted octanol–water partition coefficient (Wildman–Crippen LogP) is 8.08. The number of alkyl carbamates (subject to hydrolysis) is 2. The number of unbranched alkanes of at least 4 members (excludes halogenated alkanes) is 16. The lowest BCUT2D eigenvalue weighted by Gasteiger charge is -2.30. The van der Waals surface area contributed by atoms with Gasteiger partial charge in [-0.3, -0.25) is 0 Å². The van der Waals surface area contributed by atoms with Crippen LogP contribution in [0, 0.1) is 0 Å². The van der Waals surface area contributed by atoms with Gasteiger partial charge >= 0.3 is 12.2 Å². The van der Waals surface area contributed by atoms with Gasteiger partial charge in [0.05, 0.1) is 5.38 Å². The highest BCUT2D eigenvalue weighted by Gasteiger charge is 2.30. The van der Waals surface area contributed by atoms with Crippen LogP contribution in [0.3, 0.4) is 0 Å². The van der Waals surface area contributed by atoms with Gasteiger partial charge in [0.25, 0.3) is 0 Å². The molecule has 2 heterocycles. The van der Waals surface area contributed by atoms with Gasteiger partial charge in [-0.25, -0.2) is 9.59 Å². The summed E-state index contributed by atoms with van der Waals surface area (Å²) in [6.07, 6.45) is 24.8. The molecule has 0 saturated carbocycles. The minimum Gasteiger partial charge on any atom is -0.447 e. The normalized spacial score (nSPS) is 16.7. The zero-order valence-electron chi connectivity index (χ0n) is 26.5. The Kier molecular flexibility index (Phi) is 22.1. The third-order valence-electron chi connectivity index (χ3n) is 7.96. The number of thiazole rings is 1. The molecule has 1 aliphatic heterocycles. The van der Waals surface area contributed by atoms with E-state index in [1.807, 2.05) is 0 Å². The topological polar surface area (TPSA) is 89.8 Å². The molecule has 42 heavy (non-hydrogen) atoms. The molecule has 9 heteroatoms. The van der Waals surface area contributed by atoms with E-state index >= 15 is 0 Å². The van der Waals surface area contributed by atoms with Crippen molar-refractivity contribution in [1.82, 2.24) is 10.6 Å². The molecule has 0 unspecified atom stereocenters. The van der Waals surface area contributed by atoms with Crippen molar-refractivity contribution >= 4 is 23.5 Å². The molecule has 0 spiro atoms. The average Bonchev–Trinajstić information content (AvgIpc) is 3.52. The van der Waals surface area contributed by atoms with Crippen LogP contribution in [0.5, 0.6) is 0 Å². The number of nitrogens with one attached hydrogen (secondary N) is 2. The molecule has 2 rings (SSSR count). The Labute approximate surface area is 259 Å². The summed E-state index contributed by atoms with van der Waals surface area (Å²) >= 11 is 1.69. The summed E-state index contributed by atoms with van der Waals surface area (Å²) in [6.45, 7) is 5.15. The fourth-order valence-corrected chi connectivity index (χ4v) is 5.98. The fourth-order valence-electron chi connectivity index (χ4n) is 5.35. The molecule has 1 aliphatic rings. The Hall–Kier alpha value is -1.87. The summed E-state index contributed by atoms with van der Waals surface area (Å²) in [5.74, 6) is 0. The summed E-state index contributed by atoms with van der Waals surface area (Å²) in [5, 5.41) is 7.75. The highest BCUT2D eigenvalue weighted by Crippen LogP contribution is 2.18. The maximum absolute atomic E-state index is 12.3. The van der Waals surface area contributed by atoms with Crippen LogP contribution in [-0.4, -0.2) is 50.7 Å². The molecule has 0 radical (unpaired) electrons. The first-order valence-electron chi connectivity index (χ1n) is 17.1. The smallest absolute Gasteiger partial charge is 0.407 e. The van der Waals surface area contributed by atoms with E-state index in [0.717, 1.165) is 45.1 Å². The van der Waals surface area contributed by atoms with Gasteiger partial charge in [0.15, 0.2) is 6.20 Å². The summed E-state index contributed by atoms with van der Waals surface area (Å²) < 4.78 is 18.9. The third-order valence-corrected chi connectivity index (χ3v) is 8.63. The van der Waals surface area contributed by atoms with Gasteiger partial charge < -0.3 is 24.8 Å². The van der Waals surface area contributed by atoms with Gasteiger partial charge in [-0.05, 0) is 32.1 Å². The summed E-state index contributed by atoms with van der Waals surface area (Å²) in [5.41, 5.74) is 2.10. The van der Waals surface area contributed by atoms with Crippen LogP contribution >= 0.6 is 11.3 Å². The fraction of sp³-hybridized carbons (Fsp3) is 0.848. The Bertz CT molecular complexity index is 780. The molecule has 0 aliphatic carbocycles. The Morgan fingerprint density at radius 1 is 0.810 bits per heavy atom. The maximum atomic E-state index is 12.3. The molecule has 1 fully saturated rings. The average molecular weight is 611 g/mol. The Morgan fingerprint density at radius 2 is 1.38 bits per heavy atom. The van der Waals surface area contributed by atoms with Gasteiger partial charge in [-0.15, -0.1) is 0 Å². The highest BCUT2D eigenvalue weighted by atomic mass is 32.1. The monoisotopic (exact) mass is 610 g/mol. The first-order chi connectivity index (χ1) is 20.7. The quantitative estimate of drug-likeness (QED) is 0.0863. The van der Waals surface area contributed by atoms with Crippen molar-refractivity contribution in [3.63, 3.8) is 0 Å². The van der Waals surface area contributed by atoms with Crippen molar-refractivity contribution in [2.24, 2.45) is 0 Å². The van der Waals surface area contributed by atoms with E-state index < -0.39 is 24.4 Å². The summed E-state index contributed by atoms with van der Waals surface area (Å²) in [4.78, 5) is 24.4. The molecule has 1 aromatic rings. The number of hydrogen-bond donors (Lipinski definition) is 2. The predicted molar refractivity (Wildman–Crippen MR) is 170 cm³/mol. The van der Waals surface area contributed by atoms with Crippen LogP contribution in [0.1, 0.15) is 135 Å². The van der Waals surface area contributed by atoms with Crippen molar-refractivity contribution in [2.45, 2.75) is 154 Å². The molecule has 8 nitrogen and oxygen atoms in total. The number of ether oxygens (including phenoxy) is 3. The Balaban J connectivity index is 1.40. The second kappa shape index (κ2) is 25.6. The van der Waals surface area contributed by atoms with Gasteiger partial charge in [-0.2, -0.15) is 4.57 Å². The molecule has 2 atom stereocenters. The molecule has 1 aromatic heterocycles. The number of rotatable bonds is 25. The van der Waals surface area contributed by atoms with Crippen molar-refractivity contribution in [1.29, 1.82) is 0 Å². The largest absolute Gasteiger partial charge is 0.447 e. The number of hydrogen-bond acceptors (Lipinski definition) is 6.